The number of nitrogens with zero attached hydrogens (tertiary/aromatic N) is 1. The topological polar surface area (TPSA) is 81.7 Å². The Morgan fingerprint density at radius 3 is 2.50 bits per heavy atom. The molecule has 0 spiro atoms. The molecule has 0 unspecified atom stereocenters. The molecule has 1 amide bonds. The minimum atomic E-state index is -0.998. The number of nitrogens with one attached hydrogen (secondary N) is 2. The third-order valence-corrected chi connectivity index (χ3v) is 9.72. The average Bonchev–Trinajstić information content (AvgIpc) is 3.32. The quantitative estimate of drug-likeness (QED) is 0.226. The molecule has 2 aromatic rings. The van der Waals surface area contributed by atoms with Crippen molar-refractivity contribution in [3.05, 3.63) is 59.2 Å². The van der Waals surface area contributed by atoms with Crippen LogP contribution in [0.25, 0.3) is 11.1 Å². The zero-order valence-electron chi connectivity index (χ0n) is 24.2. The lowest BCUT2D eigenvalue weighted by molar-refractivity contribution is -0.139. The number of benzene rings is 2. The zero-order chi connectivity index (χ0) is 28.5. The first-order valence-electron chi connectivity index (χ1n) is 14.7. The molecule has 0 bridgehead atoms. The monoisotopic (exact) mass is 583 g/mol. The van der Waals surface area contributed by atoms with Crippen molar-refractivity contribution in [2.75, 3.05) is 18.3 Å². The maximum Gasteiger partial charge on any atom is 0.326 e. The van der Waals surface area contributed by atoms with Gasteiger partial charge in [0.2, 0.25) is 0 Å². The minimum absolute atomic E-state index is 0.334. The fourth-order valence-corrected chi connectivity index (χ4v) is 7.42. The van der Waals surface area contributed by atoms with Crippen molar-refractivity contribution in [2.45, 2.75) is 89.5 Å². The molecule has 3 atom stereocenters. The molecule has 6 nitrogen and oxygen atoms in total. The maximum atomic E-state index is 13.5. The van der Waals surface area contributed by atoms with Crippen LogP contribution in [0.1, 0.15) is 79.3 Å². The average molecular weight is 584 g/mol. The molecule has 0 aromatic heterocycles. The molecule has 2 aromatic carbocycles. The van der Waals surface area contributed by atoms with E-state index in [1.165, 1.54) is 50.5 Å². The number of thioether (sulfide) groups is 1. The summed E-state index contributed by atoms with van der Waals surface area (Å²) in [6.07, 6.45) is 15.2. The SMILES string of the molecule is CSCC[C@H](NC(=O)c1ccc(CN2[C@@H](CC3CCCCC3)CC[C@@H]2NSC)cc1-c1ccccc1C)C(=O)O. The molecule has 2 aliphatic rings. The normalized spacial score (nSPS) is 20.9. The smallest absolute Gasteiger partial charge is 0.326 e. The van der Waals surface area contributed by atoms with E-state index in [-0.39, 0.29) is 5.91 Å². The molecule has 1 heterocycles. The number of aryl methyl sites for hydroxylation is 1. The van der Waals surface area contributed by atoms with Crippen molar-refractivity contribution < 1.29 is 14.7 Å². The van der Waals surface area contributed by atoms with E-state index in [1.54, 1.807) is 23.7 Å². The van der Waals surface area contributed by atoms with Crippen molar-refractivity contribution >= 4 is 35.6 Å². The van der Waals surface area contributed by atoms with Crippen LogP contribution in [0, 0.1) is 12.8 Å². The van der Waals surface area contributed by atoms with Crippen molar-refractivity contribution in [3.63, 3.8) is 0 Å². The van der Waals surface area contributed by atoms with E-state index in [9.17, 15) is 14.7 Å². The van der Waals surface area contributed by atoms with E-state index >= 15 is 0 Å². The maximum absolute atomic E-state index is 13.5. The number of carboxylic acids is 1. The van der Waals surface area contributed by atoms with E-state index in [4.69, 9.17) is 0 Å². The predicted octanol–water partition coefficient (Wildman–Crippen LogP) is 6.73. The number of aliphatic carboxylic acids is 1. The molecule has 218 valence electrons. The van der Waals surface area contributed by atoms with Gasteiger partial charge in [-0.1, -0.05) is 74.4 Å². The molecule has 1 aliphatic heterocycles. The molecular weight excluding hydrogens is 539 g/mol. The number of carboxylic acid groups (broad SMARTS) is 1. The van der Waals surface area contributed by atoms with Gasteiger partial charge >= 0.3 is 5.97 Å². The number of carbonyl (C=O) groups is 2. The molecule has 8 heteroatoms. The van der Waals surface area contributed by atoms with Gasteiger partial charge in [-0.05, 0) is 91.2 Å². The highest BCUT2D eigenvalue weighted by molar-refractivity contribution is 7.98. The van der Waals surface area contributed by atoms with Gasteiger partial charge < -0.3 is 10.4 Å². The first-order chi connectivity index (χ1) is 19.4. The van der Waals surface area contributed by atoms with Gasteiger partial charge in [0.1, 0.15) is 6.04 Å². The number of hydrogen-bond donors (Lipinski definition) is 3. The first-order valence-corrected chi connectivity index (χ1v) is 17.3. The molecule has 0 radical (unpaired) electrons. The highest BCUT2D eigenvalue weighted by Gasteiger charge is 2.35. The lowest BCUT2D eigenvalue weighted by Gasteiger charge is -2.33. The molecule has 2 fully saturated rings. The van der Waals surface area contributed by atoms with Crippen LogP contribution in [-0.4, -0.2) is 58.4 Å². The fraction of sp³-hybridized carbons (Fsp3) is 0.562. The molecule has 4 rings (SSSR count). The van der Waals surface area contributed by atoms with Crippen molar-refractivity contribution in [1.82, 2.24) is 14.9 Å². The van der Waals surface area contributed by atoms with E-state index in [2.05, 4.69) is 46.3 Å². The summed E-state index contributed by atoms with van der Waals surface area (Å²) in [6, 6.07) is 13.9. The Morgan fingerprint density at radius 2 is 1.80 bits per heavy atom. The molecule has 3 N–H and O–H groups in total. The summed E-state index contributed by atoms with van der Waals surface area (Å²) in [6.45, 7) is 2.88. The Hall–Kier alpha value is -2.00. The lowest BCUT2D eigenvalue weighted by Crippen LogP contribution is -2.42. The number of carbonyl (C=O) groups excluding carboxylic acids is 1. The van der Waals surface area contributed by atoms with Gasteiger partial charge in [0, 0.05) is 18.2 Å². The Bertz CT molecular complexity index is 1140. The summed E-state index contributed by atoms with van der Waals surface area (Å²) in [5.74, 6) is 0.166. The Kier molecular flexibility index (Phi) is 11.8. The standard InChI is InChI=1S/C32H45N3O3S2/c1-22-9-7-8-12-26(22)28-20-24(13-15-27(28)31(36)33-29(32(37)38)17-18-39-2)21-35-25(14-16-30(35)34-40-3)19-23-10-5-4-6-11-23/h7-9,12-13,15,20,23,25,29-30,34H,4-6,10-11,14,16-19,21H2,1-3H3,(H,33,36)(H,37,38)/t25-,29+,30-/m1/s1. The van der Waals surface area contributed by atoms with Crippen LogP contribution in [0.3, 0.4) is 0 Å². The molecule has 1 saturated heterocycles. The largest absolute Gasteiger partial charge is 0.480 e. The summed E-state index contributed by atoms with van der Waals surface area (Å²) in [5.41, 5.74) is 4.65. The Balaban J connectivity index is 1.62. The van der Waals surface area contributed by atoms with E-state index in [0.29, 0.717) is 29.9 Å². The fourth-order valence-electron chi connectivity index (χ4n) is 6.42. The zero-order valence-corrected chi connectivity index (χ0v) is 25.8. The number of amides is 1. The summed E-state index contributed by atoms with van der Waals surface area (Å²) in [7, 11) is 0. The van der Waals surface area contributed by atoms with Crippen LogP contribution in [0.2, 0.25) is 0 Å². The third kappa shape index (κ3) is 8.05. The van der Waals surface area contributed by atoms with E-state index < -0.39 is 12.0 Å². The molecule has 1 saturated carbocycles. The van der Waals surface area contributed by atoms with Gasteiger partial charge in [-0.15, -0.1) is 0 Å². The second-order valence-electron chi connectivity index (χ2n) is 11.3. The number of rotatable bonds is 13. The Labute approximate surface area is 248 Å². The van der Waals surface area contributed by atoms with Gasteiger partial charge in [-0.2, -0.15) is 11.8 Å². The second kappa shape index (κ2) is 15.3. The van der Waals surface area contributed by atoms with Crippen LogP contribution in [0.15, 0.2) is 42.5 Å². The van der Waals surface area contributed by atoms with Gasteiger partial charge in [0.25, 0.3) is 5.91 Å². The summed E-state index contributed by atoms with van der Waals surface area (Å²) in [5, 5.41) is 12.5. The van der Waals surface area contributed by atoms with Crippen LogP contribution in [0.5, 0.6) is 0 Å². The number of likely N-dealkylation sites (tertiary alicyclic amines) is 1. The highest BCUT2D eigenvalue weighted by Crippen LogP contribution is 2.36. The highest BCUT2D eigenvalue weighted by atomic mass is 32.2. The predicted molar refractivity (Wildman–Crippen MR) is 169 cm³/mol. The minimum Gasteiger partial charge on any atom is -0.480 e. The lowest BCUT2D eigenvalue weighted by atomic mass is 9.84. The van der Waals surface area contributed by atoms with Gasteiger partial charge in [0.05, 0.1) is 6.17 Å². The third-order valence-electron chi connectivity index (χ3n) is 8.57. The van der Waals surface area contributed by atoms with E-state index in [1.807, 2.05) is 30.5 Å². The second-order valence-corrected chi connectivity index (χ2v) is 13.0. The summed E-state index contributed by atoms with van der Waals surface area (Å²) in [4.78, 5) is 28.0. The van der Waals surface area contributed by atoms with Crippen LogP contribution in [0.4, 0.5) is 0 Å². The van der Waals surface area contributed by atoms with Gasteiger partial charge in [0.15, 0.2) is 0 Å². The number of hydrogen-bond acceptors (Lipinski definition) is 6. The summed E-state index contributed by atoms with van der Waals surface area (Å²) >= 11 is 3.27. The van der Waals surface area contributed by atoms with Crippen LogP contribution < -0.4 is 10.0 Å². The van der Waals surface area contributed by atoms with Crippen molar-refractivity contribution in [2.24, 2.45) is 5.92 Å². The first kappa shape index (κ1) is 30.9. The van der Waals surface area contributed by atoms with Gasteiger partial charge in [-0.3, -0.25) is 9.69 Å². The summed E-state index contributed by atoms with van der Waals surface area (Å²) < 4.78 is 3.64. The van der Waals surface area contributed by atoms with Crippen molar-refractivity contribution in [1.29, 1.82) is 0 Å². The molecular formula is C32H45N3O3S2. The molecule has 40 heavy (non-hydrogen) atoms. The van der Waals surface area contributed by atoms with Crippen LogP contribution >= 0.6 is 23.7 Å². The van der Waals surface area contributed by atoms with Crippen molar-refractivity contribution in [3.8, 4) is 11.1 Å². The van der Waals surface area contributed by atoms with Gasteiger partial charge in [-0.25, -0.2) is 9.52 Å². The van der Waals surface area contributed by atoms with Crippen LogP contribution in [-0.2, 0) is 11.3 Å². The van der Waals surface area contributed by atoms with E-state index in [0.717, 1.165) is 35.6 Å². The Morgan fingerprint density at radius 1 is 1.02 bits per heavy atom. The molecule has 1 aliphatic carbocycles.